The van der Waals surface area contributed by atoms with Crippen molar-refractivity contribution < 1.29 is 9.53 Å². The lowest BCUT2D eigenvalue weighted by Crippen LogP contribution is -2.11. The van der Waals surface area contributed by atoms with E-state index in [4.69, 9.17) is 11.6 Å². The highest BCUT2D eigenvalue weighted by atomic mass is 35.5. The molecule has 0 bridgehead atoms. The zero-order valence-electron chi connectivity index (χ0n) is 10.4. The van der Waals surface area contributed by atoms with Gasteiger partial charge in [0.1, 0.15) is 12.2 Å². The molecule has 18 heavy (non-hydrogen) atoms. The molecule has 0 fully saturated rings. The molecule has 2 aromatic rings. The predicted octanol–water partition coefficient (Wildman–Crippen LogP) is 2.82. The molecule has 0 saturated heterocycles. The molecule has 1 aromatic heterocycles. The van der Waals surface area contributed by atoms with E-state index < -0.39 is 0 Å². The van der Waals surface area contributed by atoms with E-state index in [1.165, 1.54) is 7.11 Å². The summed E-state index contributed by atoms with van der Waals surface area (Å²) in [6.07, 6.45) is 1.15. The normalized spacial score (nSPS) is 10.8. The van der Waals surface area contributed by atoms with Crippen LogP contribution in [0.1, 0.15) is 19.2 Å². The van der Waals surface area contributed by atoms with Gasteiger partial charge in [0.25, 0.3) is 0 Å². The van der Waals surface area contributed by atoms with Crippen LogP contribution in [0.4, 0.5) is 0 Å². The molecule has 0 radical (unpaired) electrons. The Morgan fingerprint density at radius 2 is 2.28 bits per heavy atom. The Morgan fingerprint density at radius 3 is 2.94 bits per heavy atom. The van der Waals surface area contributed by atoms with E-state index in [1.54, 1.807) is 6.07 Å². The summed E-state index contributed by atoms with van der Waals surface area (Å²) in [4.78, 5) is 15.8. The van der Waals surface area contributed by atoms with Crippen molar-refractivity contribution in [3.05, 3.63) is 29.0 Å². The van der Waals surface area contributed by atoms with Crippen LogP contribution in [0.25, 0.3) is 11.0 Å². The fourth-order valence-corrected chi connectivity index (χ4v) is 2.12. The van der Waals surface area contributed by atoms with Crippen molar-refractivity contribution in [3.63, 3.8) is 0 Å². The first-order valence-corrected chi connectivity index (χ1v) is 6.25. The van der Waals surface area contributed by atoms with Gasteiger partial charge in [0, 0.05) is 11.6 Å². The molecule has 0 saturated carbocycles. The standard InChI is InChI=1S/C13H15ClN2O2/c1-3-6-16-11-7-9(14)4-5-10(11)15-12(16)8-13(17)18-2/h4-5,7H,3,6,8H2,1-2H3. The summed E-state index contributed by atoms with van der Waals surface area (Å²) in [5, 5.41) is 0.671. The molecule has 4 nitrogen and oxygen atoms in total. The smallest absolute Gasteiger partial charge is 0.313 e. The van der Waals surface area contributed by atoms with Gasteiger partial charge in [-0.3, -0.25) is 4.79 Å². The van der Waals surface area contributed by atoms with Crippen molar-refractivity contribution >= 4 is 28.6 Å². The number of aromatic nitrogens is 2. The summed E-state index contributed by atoms with van der Waals surface area (Å²) >= 11 is 6.00. The molecular weight excluding hydrogens is 252 g/mol. The fourth-order valence-electron chi connectivity index (χ4n) is 1.96. The highest BCUT2D eigenvalue weighted by Crippen LogP contribution is 2.21. The summed E-state index contributed by atoms with van der Waals surface area (Å²) in [5.74, 6) is 0.440. The average molecular weight is 267 g/mol. The average Bonchev–Trinajstić information content (AvgIpc) is 2.68. The van der Waals surface area contributed by atoms with Gasteiger partial charge >= 0.3 is 5.97 Å². The van der Waals surface area contributed by atoms with Gasteiger partial charge in [-0.1, -0.05) is 18.5 Å². The first-order valence-electron chi connectivity index (χ1n) is 5.87. The number of aryl methyl sites for hydroxylation is 1. The highest BCUT2D eigenvalue weighted by molar-refractivity contribution is 6.31. The van der Waals surface area contributed by atoms with Crippen molar-refractivity contribution in [2.24, 2.45) is 0 Å². The highest BCUT2D eigenvalue weighted by Gasteiger charge is 2.14. The predicted molar refractivity (Wildman–Crippen MR) is 70.8 cm³/mol. The largest absolute Gasteiger partial charge is 0.469 e. The van der Waals surface area contributed by atoms with Gasteiger partial charge in [-0.15, -0.1) is 0 Å². The Balaban J connectivity index is 2.50. The molecule has 5 heteroatoms. The maximum Gasteiger partial charge on any atom is 0.313 e. The number of benzene rings is 1. The van der Waals surface area contributed by atoms with Crippen LogP contribution in [0, 0.1) is 0 Å². The van der Waals surface area contributed by atoms with E-state index in [9.17, 15) is 4.79 Å². The van der Waals surface area contributed by atoms with E-state index in [-0.39, 0.29) is 12.4 Å². The second-order valence-electron chi connectivity index (χ2n) is 4.07. The third-order valence-electron chi connectivity index (χ3n) is 2.77. The molecular formula is C13H15ClN2O2. The van der Waals surface area contributed by atoms with Crippen LogP contribution in [-0.2, 0) is 22.5 Å². The maximum atomic E-state index is 11.4. The Kier molecular flexibility index (Phi) is 3.87. The SMILES string of the molecule is CCCn1c(CC(=O)OC)nc2ccc(Cl)cc21. The second-order valence-corrected chi connectivity index (χ2v) is 4.50. The van der Waals surface area contributed by atoms with Gasteiger partial charge < -0.3 is 9.30 Å². The Hall–Kier alpha value is -1.55. The first kappa shape index (κ1) is 12.9. The van der Waals surface area contributed by atoms with Gasteiger partial charge in [-0.25, -0.2) is 4.98 Å². The minimum atomic E-state index is -0.284. The molecule has 0 aliphatic rings. The van der Waals surface area contributed by atoms with Crippen molar-refractivity contribution in [1.29, 1.82) is 0 Å². The van der Waals surface area contributed by atoms with E-state index >= 15 is 0 Å². The number of ether oxygens (including phenoxy) is 1. The number of carbonyl (C=O) groups is 1. The molecule has 0 amide bonds. The molecule has 0 unspecified atom stereocenters. The minimum absolute atomic E-state index is 0.183. The Morgan fingerprint density at radius 1 is 1.50 bits per heavy atom. The van der Waals surface area contributed by atoms with Crippen LogP contribution >= 0.6 is 11.6 Å². The number of esters is 1. The quantitative estimate of drug-likeness (QED) is 0.800. The number of nitrogens with zero attached hydrogens (tertiary/aromatic N) is 2. The van der Waals surface area contributed by atoms with Gasteiger partial charge in [-0.2, -0.15) is 0 Å². The number of methoxy groups -OCH3 is 1. The van der Waals surface area contributed by atoms with Crippen LogP contribution in [0.5, 0.6) is 0 Å². The number of rotatable bonds is 4. The van der Waals surface area contributed by atoms with Crippen molar-refractivity contribution in [3.8, 4) is 0 Å². The lowest BCUT2D eigenvalue weighted by atomic mass is 10.3. The number of hydrogen-bond donors (Lipinski definition) is 0. The number of carbonyl (C=O) groups excluding carboxylic acids is 1. The molecule has 96 valence electrons. The molecule has 0 aliphatic carbocycles. The summed E-state index contributed by atoms with van der Waals surface area (Å²) < 4.78 is 6.71. The zero-order chi connectivity index (χ0) is 13.1. The van der Waals surface area contributed by atoms with E-state index in [1.807, 2.05) is 16.7 Å². The van der Waals surface area contributed by atoms with Crippen LogP contribution in [0.3, 0.4) is 0 Å². The third-order valence-corrected chi connectivity index (χ3v) is 3.00. The van der Waals surface area contributed by atoms with Gasteiger partial charge in [0.2, 0.25) is 0 Å². The molecule has 0 N–H and O–H groups in total. The van der Waals surface area contributed by atoms with E-state index in [0.717, 1.165) is 29.8 Å². The van der Waals surface area contributed by atoms with Crippen molar-refractivity contribution in [2.75, 3.05) is 7.11 Å². The fraction of sp³-hybridized carbons (Fsp3) is 0.385. The van der Waals surface area contributed by atoms with Gasteiger partial charge in [0.05, 0.1) is 18.1 Å². The van der Waals surface area contributed by atoms with Crippen LogP contribution in [-0.4, -0.2) is 22.6 Å². The monoisotopic (exact) mass is 266 g/mol. The summed E-state index contributed by atoms with van der Waals surface area (Å²) in [5.41, 5.74) is 1.81. The minimum Gasteiger partial charge on any atom is -0.469 e. The molecule has 2 rings (SSSR count). The first-order chi connectivity index (χ1) is 8.65. The lowest BCUT2D eigenvalue weighted by Gasteiger charge is -2.06. The van der Waals surface area contributed by atoms with Crippen molar-refractivity contribution in [2.45, 2.75) is 26.3 Å². The molecule has 0 spiro atoms. The zero-order valence-corrected chi connectivity index (χ0v) is 11.2. The maximum absolute atomic E-state index is 11.4. The van der Waals surface area contributed by atoms with Crippen LogP contribution < -0.4 is 0 Å². The van der Waals surface area contributed by atoms with Gasteiger partial charge in [-0.05, 0) is 24.6 Å². The topological polar surface area (TPSA) is 44.1 Å². The molecule has 1 heterocycles. The van der Waals surface area contributed by atoms with Crippen LogP contribution in [0.2, 0.25) is 5.02 Å². The summed E-state index contributed by atoms with van der Waals surface area (Å²) in [6.45, 7) is 2.89. The Labute approximate surface area is 111 Å². The lowest BCUT2D eigenvalue weighted by molar-refractivity contribution is -0.139. The van der Waals surface area contributed by atoms with E-state index in [0.29, 0.717) is 5.02 Å². The third kappa shape index (κ3) is 2.48. The molecule has 1 aromatic carbocycles. The number of imidazole rings is 1. The number of halogens is 1. The Bertz CT molecular complexity index is 578. The number of fused-ring (bicyclic) bond motifs is 1. The van der Waals surface area contributed by atoms with Crippen molar-refractivity contribution in [1.82, 2.24) is 9.55 Å². The number of hydrogen-bond acceptors (Lipinski definition) is 3. The van der Waals surface area contributed by atoms with Crippen LogP contribution in [0.15, 0.2) is 18.2 Å². The summed E-state index contributed by atoms with van der Waals surface area (Å²) in [7, 11) is 1.38. The molecule has 0 aliphatic heterocycles. The summed E-state index contributed by atoms with van der Waals surface area (Å²) in [6, 6.07) is 5.54. The molecule has 0 atom stereocenters. The second kappa shape index (κ2) is 5.40. The van der Waals surface area contributed by atoms with Gasteiger partial charge in [0.15, 0.2) is 0 Å². The van der Waals surface area contributed by atoms with E-state index in [2.05, 4.69) is 16.6 Å².